The lowest BCUT2D eigenvalue weighted by Gasteiger charge is -2.27. The van der Waals surface area contributed by atoms with Gasteiger partial charge in [-0.3, -0.25) is 0 Å². The molecule has 1 aliphatic rings. The highest BCUT2D eigenvalue weighted by Crippen LogP contribution is 2.21. The molecule has 1 fully saturated rings. The number of hydrogen-bond donors (Lipinski definition) is 1. The molecule has 0 amide bonds. The van der Waals surface area contributed by atoms with E-state index in [-0.39, 0.29) is 12.2 Å². The number of nitrogens with two attached hydrogens (primary N) is 1. The van der Waals surface area contributed by atoms with Crippen molar-refractivity contribution in [3.05, 3.63) is 11.7 Å². The lowest BCUT2D eigenvalue weighted by atomic mass is 10.2. The van der Waals surface area contributed by atoms with Gasteiger partial charge in [0.05, 0.1) is 6.61 Å². The Labute approximate surface area is 99.9 Å². The Morgan fingerprint density at radius 1 is 1.65 bits per heavy atom. The number of rotatable bonds is 4. The van der Waals surface area contributed by atoms with Gasteiger partial charge in [-0.25, -0.2) is 0 Å². The minimum Gasteiger partial charge on any atom is -0.370 e. The molecule has 0 bridgehead atoms. The lowest BCUT2D eigenvalue weighted by Crippen LogP contribution is -2.35. The van der Waals surface area contributed by atoms with E-state index in [9.17, 15) is 0 Å². The Bertz CT molecular complexity index is 353. The topological polar surface area (TPSA) is 86.6 Å². The molecule has 0 spiro atoms. The zero-order chi connectivity index (χ0) is 12.3. The average molecular weight is 242 g/mol. The normalized spacial score (nSPS) is 23.8. The van der Waals surface area contributed by atoms with Crippen LogP contribution in [0.2, 0.25) is 0 Å². The summed E-state index contributed by atoms with van der Waals surface area (Å²) >= 11 is 0. The monoisotopic (exact) mass is 242 g/mol. The van der Waals surface area contributed by atoms with Crippen LogP contribution in [0.15, 0.2) is 4.52 Å². The number of likely N-dealkylation sites (N-methyl/N-ethyl adjacent to an activating group) is 1. The SMILES string of the molecule is COC(CN)c1nc(C2CN(C)CCO2)no1. The number of nitrogens with zero attached hydrogens (tertiary/aromatic N) is 3. The first-order valence-corrected chi connectivity index (χ1v) is 5.61. The zero-order valence-electron chi connectivity index (χ0n) is 10.1. The molecule has 2 unspecified atom stereocenters. The summed E-state index contributed by atoms with van der Waals surface area (Å²) in [5.74, 6) is 0.962. The molecule has 1 aromatic rings. The second kappa shape index (κ2) is 5.54. The van der Waals surface area contributed by atoms with Gasteiger partial charge in [0.1, 0.15) is 12.2 Å². The van der Waals surface area contributed by atoms with Crippen molar-refractivity contribution in [2.24, 2.45) is 5.73 Å². The summed E-state index contributed by atoms with van der Waals surface area (Å²) in [6.07, 6.45) is -0.487. The van der Waals surface area contributed by atoms with E-state index in [1.165, 1.54) is 0 Å². The summed E-state index contributed by atoms with van der Waals surface area (Å²) in [6.45, 7) is 2.67. The highest BCUT2D eigenvalue weighted by molar-refractivity contribution is 4.96. The number of morpholine rings is 1. The lowest BCUT2D eigenvalue weighted by molar-refractivity contribution is -0.0264. The van der Waals surface area contributed by atoms with Crippen LogP contribution in [-0.4, -0.2) is 55.4 Å². The summed E-state index contributed by atoms with van der Waals surface area (Å²) in [4.78, 5) is 6.44. The van der Waals surface area contributed by atoms with Crippen LogP contribution in [0.4, 0.5) is 0 Å². The van der Waals surface area contributed by atoms with Crippen LogP contribution in [0.25, 0.3) is 0 Å². The van der Waals surface area contributed by atoms with Crippen LogP contribution < -0.4 is 5.73 Å². The second-order valence-electron chi connectivity index (χ2n) is 4.07. The van der Waals surface area contributed by atoms with Crippen molar-refractivity contribution in [1.82, 2.24) is 15.0 Å². The third-order valence-corrected chi connectivity index (χ3v) is 2.79. The molecule has 2 atom stereocenters. The quantitative estimate of drug-likeness (QED) is 0.776. The minimum absolute atomic E-state index is 0.137. The summed E-state index contributed by atoms with van der Waals surface area (Å²) in [5, 5.41) is 3.92. The summed E-state index contributed by atoms with van der Waals surface area (Å²) in [5.41, 5.74) is 5.53. The number of hydrogen-bond acceptors (Lipinski definition) is 7. The fourth-order valence-corrected chi connectivity index (χ4v) is 1.74. The molecule has 1 saturated heterocycles. The average Bonchev–Trinajstić information content (AvgIpc) is 2.80. The predicted molar refractivity (Wildman–Crippen MR) is 59.3 cm³/mol. The standard InChI is InChI=1S/C10H18N4O3/c1-14-3-4-16-8(6-14)9-12-10(17-13-9)7(5-11)15-2/h7-8H,3-6,11H2,1-2H3. The smallest absolute Gasteiger partial charge is 0.257 e. The number of methoxy groups -OCH3 is 1. The van der Waals surface area contributed by atoms with E-state index >= 15 is 0 Å². The van der Waals surface area contributed by atoms with Crippen molar-refractivity contribution in [3.8, 4) is 0 Å². The Morgan fingerprint density at radius 3 is 3.12 bits per heavy atom. The van der Waals surface area contributed by atoms with Gasteiger partial charge in [0.2, 0.25) is 5.82 Å². The van der Waals surface area contributed by atoms with Gasteiger partial charge in [0, 0.05) is 26.7 Å². The van der Waals surface area contributed by atoms with Crippen LogP contribution in [-0.2, 0) is 9.47 Å². The fraction of sp³-hybridized carbons (Fsp3) is 0.800. The van der Waals surface area contributed by atoms with Crippen molar-refractivity contribution in [2.45, 2.75) is 12.2 Å². The van der Waals surface area contributed by atoms with Crippen LogP contribution in [0.5, 0.6) is 0 Å². The fourth-order valence-electron chi connectivity index (χ4n) is 1.74. The summed E-state index contributed by atoms with van der Waals surface area (Å²) in [6, 6.07) is 0. The first-order chi connectivity index (χ1) is 8.24. The molecule has 96 valence electrons. The summed E-state index contributed by atoms with van der Waals surface area (Å²) < 4.78 is 15.9. The molecule has 0 aliphatic carbocycles. The maximum atomic E-state index is 5.60. The maximum Gasteiger partial charge on any atom is 0.257 e. The van der Waals surface area contributed by atoms with E-state index in [1.807, 2.05) is 7.05 Å². The Kier molecular flexibility index (Phi) is 4.06. The van der Waals surface area contributed by atoms with Crippen LogP contribution in [0.1, 0.15) is 23.9 Å². The molecule has 0 aromatic carbocycles. The molecule has 2 heterocycles. The van der Waals surface area contributed by atoms with Crippen molar-refractivity contribution in [1.29, 1.82) is 0 Å². The van der Waals surface area contributed by atoms with E-state index in [2.05, 4.69) is 15.0 Å². The van der Waals surface area contributed by atoms with Crippen LogP contribution in [0, 0.1) is 0 Å². The molecule has 7 heteroatoms. The summed E-state index contributed by atoms with van der Waals surface area (Å²) in [7, 11) is 3.60. The van der Waals surface area contributed by atoms with Gasteiger partial charge >= 0.3 is 0 Å². The first kappa shape index (κ1) is 12.4. The first-order valence-electron chi connectivity index (χ1n) is 5.61. The largest absolute Gasteiger partial charge is 0.370 e. The van der Waals surface area contributed by atoms with Crippen molar-refractivity contribution < 1.29 is 14.0 Å². The molecule has 7 nitrogen and oxygen atoms in total. The van der Waals surface area contributed by atoms with Gasteiger partial charge in [-0.15, -0.1) is 0 Å². The molecule has 2 N–H and O–H groups in total. The van der Waals surface area contributed by atoms with E-state index in [1.54, 1.807) is 7.11 Å². The molecule has 0 saturated carbocycles. The Morgan fingerprint density at radius 2 is 2.47 bits per heavy atom. The highest BCUT2D eigenvalue weighted by Gasteiger charge is 2.26. The van der Waals surface area contributed by atoms with Crippen molar-refractivity contribution in [2.75, 3.05) is 40.4 Å². The van der Waals surface area contributed by atoms with Gasteiger partial charge in [0.15, 0.2) is 0 Å². The zero-order valence-corrected chi connectivity index (χ0v) is 10.1. The van der Waals surface area contributed by atoms with E-state index in [0.717, 1.165) is 13.1 Å². The third-order valence-electron chi connectivity index (χ3n) is 2.79. The van der Waals surface area contributed by atoms with Crippen LogP contribution >= 0.6 is 0 Å². The van der Waals surface area contributed by atoms with Crippen molar-refractivity contribution in [3.63, 3.8) is 0 Å². The van der Waals surface area contributed by atoms with Gasteiger partial charge in [-0.2, -0.15) is 4.98 Å². The Balaban J connectivity index is 2.06. The van der Waals surface area contributed by atoms with E-state index in [0.29, 0.717) is 24.9 Å². The highest BCUT2D eigenvalue weighted by atomic mass is 16.5. The molecule has 1 aromatic heterocycles. The number of ether oxygens (including phenoxy) is 2. The third kappa shape index (κ3) is 2.81. The molecule has 17 heavy (non-hydrogen) atoms. The van der Waals surface area contributed by atoms with Gasteiger partial charge in [0.25, 0.3) is 5.89 Å². The van der Waals surface area contributed by atoms with E-state index < -0.39 is 0 Å². The second-order valence-corrected chi connectivity index (χ2v) is 4.07. The maximum absolute atomic E-state index is 5.60. The molecular formula is C10H18N4O3. The van der Waals surface area contributed by atoms with E-state index in [4.69, 9.17) is 19.7 Å². The van der Waals surface area contributed by atoms with Gasteiger partial charge in [-0.05, 0) is 7.05 Å². The Hall–Kier alpha value is -1.02. The number of aromatic nitrogens is 2. The molecule has 1 aliphatic heterocycles. The predicted octanol–water partition coefficient (Wildman–Crippen LogP) is -0.281. The van der Waals surface area contributed by atoms with Crippen LogP contribution in [0.3, 0.4) is 0 Å². The minimum atomic E-state index is -0.349. The molecule has 2 rings (SSSR count). The molecule has 0 radical (unpaired) electrons. The van der Waals surface area contributed by atoms with Crippen molar-refractivity contribution >= 4 is 0 Å². The van der Waals surface area contributed by atoms with Gasteiger partial charge in [-0.1, -0.05) is 5.16 Å². The van der Waals surface area contributed by atoms with Gasteiger partial charge < -0.3 is 24.6 Å². The molecular weight excluding hydrogens is 224 g/mol.